The van der Waals surface area contributed by atoms with Crippen molar-refractivity contribution in [1.29, 1.82) is 0 Å². The lowest BCUT2D eigenvalue weighted by Crippen LogP contribution is -2.43. The topological polar surface area (TPSA) is 64.3 Å². The van der Waals surface area contributed by atoms with Gasteiger partial charge in [-0.1, -0.05) is 11.6 Å². The molecule has 0 radical (unpaired) electrons. The third kappa shape index (κ3) is 4.11. The first-order valence-electron chi connectivity index (χ1n) is 6.48. The van der Waals surface area contributed by atoms with E-state index < -0.39 is 0 Å². The van der Waals surface area contributed by atoms with E-state index in [2.05, 4.69) is 5.32 Å². The highest BCUT2D eigenvalue weighted by atomic mass is 35.5. The fraction of sp³-hybridized carbons (Fsp3) is 0.500. The molecule has 0 saturated heterocycles. The van der Waals surface area contributed by atoms with Crippen molar-refractivity contribution in [2.45, 2.75) is 25.8 Å². The van der Waals surface area contributed by atoms with Crippen LogP contribution in [0.25, 0.3) is 0 Å². The van der Waals surface area contributed by atoms with Crippen molar-refractivity contribution in [3.63, 3.8) is 0 Å². The Morgan fingerprint density at radius 3 is 2.89 bits per heavy atom. The summed E-state index contributed by atoms with van der Waals surface area (Å²) in [5, 5.41) is 3.60. The number of rotatable bonds is 6. The third-order valence-corrected chi connectivity index (χ3v) is 3.71. The molecule has 1 atom stereocenters. The summed E-state index contributed by atoms with van der Waals surface area (Å²) in [5.41, 5.74) is 6.56. The van der Waals surface area contributed by atoms with Gasteiger partial charge in [0.2, 0.25) is 0 Å². The van der Waals surface area contributed by atoms with Crippen LogP contribution in [0.4, 0.5) is 0 Å². The molecule has 5 heteroatoms. The Morgan fingerprint density at radius 2 is 2.32 bits per heavy atom. The summed E-state index contributed by atoms with van der Waals surface area (Å²) < 4.78 is 5.44. The molecule has 1 aliphatic rings. The quantitative estimate of drug-likeness (QED) is 0.837. The van der Waals surface area contributed by atoms with Crippen LogP contribution in [-0.2, 0) is 4.79 Å². The van der Waals surface area contributed by atoms with Crippen LogP contribution in [0.3, 0.4) is 0 Å². The molecule has 0 aromatic heterocycles. The van der Waals surface area contributed by atoms with Gasteiger partial charge < -0.3 is 15.8 Å². The van der Waals surface area contributed by atoms with Crippen molar-refractivity contribution >= 4 is 17.5 Å². The summed E-state index contributed by atoms with van der Waals surface area (Å²) in [5.74, 6) is 1.06. The van der Waals surface area contributed by atoms with E-state index in [1.807, 2.05) is 13.0 Å². The van der Waals surface area contributed by atoms with Crippen molar-refractivity contribution in [1.82, 2.24) is 5.32 Å². The Labute approximate surface area is 118 Å². The maximum absolute atomic E-state index is 11.8. The number of halogens is 1. The van der Waals surface area contributed by atoms with Gasteiger partial charge in [0.15, 0.2) is 6.61 Å². The largest absolute Gasteiger partial charge is 0.484 e. The van der Waals surface area contributed by atoms with Crippen molar-refractivity contribution in [2.75, 3.05) is 13.2 Å². The van der Waals surface area contributed by atoms with Crippen molar-refractivity contribution in [3.05, 3.63) is 28.8 Å². The van der Waals surface area contributed by atoms with E-state index in [4.69, 9.17) is 22.1 Å². The van der Waals surface area contributed by atoms with Crippen LogP contribution in [0.2, 0.25) is 5.02 Å². The van der Waals surface area contributed by atoms with Gasteiger partial charge in [0.1, 0.15) is 5.75 Å². The number of nitrogens with one attached hydrogen (secondary N) is 1. The minimum Gasteiger partial charge on any atom is -0.484 e. The zero-order valence-electron chi connectivity index (χ0n) is 11.0. The van der Waals surface area contributed by atoms with Gasteiger partial charge in [-0.05, 0) is 49.4 Å². The van der Waals surface area contributed by atoms with Gasteiger partial charge in [0.25, 0.3) is 5.91 Å². The lowest BCUT2D eigenvalue weighted by atomic mass is 10.2. The molecule has 4 nitrogen and oxygen atoms in total. The molecule has 1 aromatic carbocycles. The second kappa shape index (κ2) is 6.26. The second-order valence-electron chi connectivity index (χ2n) is 4.95. The minimum absolute atomic E-state index is 0.00426. The zero-order valence-corrected chi connectivity index (χ0v) is 11.7. The van der Waals surface area contributed by atoms with E-state index in [1.165, 1.54) is 0 Å². The van der Waals surface area contributed by atoms with Crippen LogP contribution in [-0.4, -0.2) is 25.1 Å². The standard InChI is InChI=1S/C14H19ClN2O2/c1-9-6-11(4-5-12(9)15)19-8-14(18)17-13(7-16)10-2-3-10/h4-6,10,13H,2-3,7-8,16H2,1H3,(H,17,18). The van der Waals surface area contributed by atoms with Gasteiger partial charge in [0, 0.05) is 17.6 Å². The Morgan fingerprint density at radius 1 is 1.58 bits per heavy atom. The molecular formula is C14H19ClN2O2. The van der Waals surface area contributed by atoms with E-state index in [9.17, 15) is 4.79 Å². The fourth-order valence-electron chi connectivity index (χ4n) is 1.97. The van der Waals surface area contributed by atoms with Crippen LogP contribution in [0, 0.1) is 12.8 Å². The van der Waals surface area contributed by atoms with Gasteiger partial charge in [-0.2, -0.15) is 0 Å². The van der Waals surface area contributed by atoms with Gasteiger partial charge in [-0.3, -0.25) is 4.79 Å². The Balaban J connectivity index is 1.80. The summed E-state index contributed by atoms with van der Waals surface area (Å²) in [4.78, 5) is 11.8. The molecule has 1 aliphatic carbocycles. The Kier molecular flexibility index (Phi) is 4.66. The average Bonchev–Trinajstić information content (AvgIpc) is 3.21. The molecule has 1 aromatic rings. The second-order valence-corrected chi connectivity index (χ2v) is 5.35. The molecule has 104 valence electrons. The van der Waals surface area contributed by atoms with Gasteiger partial charge in [0.05, 0.1) is 0 Å². The lowest BCUT2D eigenvalue weighted by Gasteiger charge is -2.16. The molecule has 19 heavy (non-hydrogen) atoms. The highest BCUT2D eigenvalue weighted by Crippen LogP contribution is 2.32. The molecule has 0 bridgehead atoms. The van der Waals surface area contributed by atoms with Crippen LogP contribution < -0.4 is 15.8 Å². The number of hydrogen-bond donors (Lipinski definition) is 2. The molecule has 3 N–H and O–H groups in total. The van der Waals surface area contributed by atoms with Crippen LogP contribution in [0.15, 0.2) is 18.2 Å². The summed E-state index contributed by atoms with van der Waals surface area (Å²) >= 11 is 5.92. The number of amides is 1. The predicted octanol–water partition coefficient (Wildman–Crippen LogP) is 1.88. The lowest BCUT2D eigenvalue weighted by molar-refractivity contribution is -0.123. The fourth-order valence-corrected chi connectivity index (χ4v) is 2.09. The molecular weight excluding hydrogens is 264 g/mol. The number of benzene rings is 1. The highest BCUT2D eigenvalue weighted by molar-refractivity contribution is 6.31. The predicted molar refractivity (Wildman–Crippen MR) is 75.4 cm³/mol. The molecule has 2 rings (SSSR count). The summed E-state index contributed by atoms with van der Waals surface area (Å²) in [7, 11) is 0. The molecule has 1 saturated carbocycles. The Hall–Kier alpha value is -1.26. The first-order chi connectivity index (χ1) is 9.10. The number of ether oxygens (including phenoxy) is 1. The molecule has 0 aliphatic heterocycles. The third-order valence-electron chi connectivity index (χ3n) is 3.29. The number of nitrogens with two attached hydrogens (primary N) is 1. The van der Waals surface area contributed by atoms with Crippen molar-refractivity contribution in [3.8, 4) is 5.75 Å². The van der Waals surface area contributed by atoms with E-state index in [-0.39, 0.29) is 18.6 Å². The van der Waals surface area contributed by atoms with Gasteiger partial charge in [-0.25, -0.2) is 0 Å². The summed E-state index contributed by atoms with van der Waals surface area (Å²) in [6.07, 6.45) is 2.30. The van der Waals surface area contributed by atoms with Crippen LogP contribution in [0.1, 0.15) is 18.4 Å². The molecule has 0 spiro atoms. The normalized spacial score (nSPS) is 15.9. The number of aryl methyl sites for hydroxylation is 1. The van der Waals surface area contributed by atoms with Crippen molar-refractivity contribution in [2.24, 2.45) is 11.7 Å². The highest BCUT2D eigenvalue weighted by Gasteiger charge is 2.31. The Bertz CT molecular complexity index is 461. The average molecular weight is 283 g/mol. The number of carbonyl (C=O) groups excluding carboxylic acids is 1. The zero-order chi connectivity index (χ0) is 13.8. The summed E-state index contributed by atoms with van der Waals surface area (Å²) in [6.45, 7) is 2.38. The van der Waals surface area contributed by atoms with Crippen LogP contribution >= 0.6 is 11.6 Å². The SMILES string of the molecule is Cc1cc(OCC(=O)NC(CN)C2CC2)ccc1Cl. The maximum atomic E-state index is 11.8. The van der Waals surface area contributed by atoms with E-state index in [0.29, 0.717) is 23.2 Å². The molecule has 1 fully saturated rings. The first kappa shape index (κ1) is 14.2. The van der Waals surface area contributed by atoms with E-state index in [0.717, 1.165) is 18.4 Å². The maximum Gasteiger partial charge on any atom is 0.258 e. The monoisotopic (exact) mass is 282 g/mol. The molecule has 1 unspecified atom stereocenters. The summed E-state index contributed by atoms with van der Waals surface area (Å²) in [6, 6.07) is 5.42. The minimum atomic E-state index is -0.130. The van der Waals surface area contributed by atoms with Crippen LogP contribution in [0.5, 0.6) is 5.75 Å². The van der Waals surface area contributed by atoms with Crippen molar-refractivity contribution < 1.29 is 9.53 Å². The molecule has 1 amide bonds. The van der Waals surface area contributed by atoms with Gasteiger partial charge in [-0.15, -0.1) is 0 Å². The number of carbonyl (C=O) groups is 1. The smallest absolute Gasteiger partial charge is 0.258 e. The number of hydrogen-bond acceptors (Lipinski definition) is 3. The molecule has 0 heterocycles. The van der Waals surface area contributed by atoms with Gasteiger partial charge >= 0.3 is 0 Å². The van der Waals surface area contributed by atoms with E-state index >= 15 is 0 Å². The van der Waals surface area contributed by atoms with E-state index in [1.54, 1.807) is 12.1 Å². The first-order valence-corrected chi connectivity index (χ1v) is 6.86.